The minimum absolute atomic E-state index is 0.0459. The van der Waals surface area contributed by atoms with Gasteiger partial charge < -0.3 is 10.6 Å². The van der Waals surface area contributed by atoms with Gasteiger partial charge in [-0.05, 0) is 72.6 Å². The molecule has 3 nitrogen and oxygen atoms in total. The monoisotopic (exact) mass is 669 g/mol. The summed E-state index contributed by atoms with van der Waals surface area (Å²) in [4.78, 5) is 7.15. The Morgan fingerprint density at radius 1 is 0.922 bits per heavy atom. The molecule has 0 saturated carbocycles. The molecule has 1 aromatic carbocycles. The van der Waals surface area contributed by atoms with E-state index in [9.17, 15) is 0 Å². The molecular weight excluding hydrogens is 619 g/mol. The van der Waals surface area contributed by atoms with Crippen LogP contribution in [0.25, 0.3) is 11.1 Å². The Morgan fingerprint density at radius 2 is 1.67 bits per heavy atom. The second kappa shape index (κ2) is 18.7. The molecule has 258 valence electrons. The molecule has 0 radical (unpaired) electrons. The molecule has 2 atom stereocenters. The number of benzene rings is 1. The lowest BCUT2D eigenvalue weighted by atomic mass is 9.77. The number of hydrogen-bond acceptors (Lipinski definition) is 3. The van der Waals surface area contributed by atoms with Crippen LogP contribution in [0.15, 0.2) is 219 Å². The Balaban J connectivity index is 2.12. The van der Waals surface area contributed by atoms with Gasteiger partial charge in [0.15, 0.2) is 0 Å². The highest BCUT2D eigenvalue weighted by molar-refractivity contribution is 5.90. The normalized spacial score (nSPS) is 26.0. The molecule has 2 aromatic rings. The maximum absolute atomic E-state index is 6.49. The summed E-state index contributed by atoms with van der Waals surface area (Å²) in [6.45, 7) is 30.7. The van der Waals surface area contributed by atoms with E-state index in [0.29, 0.717) is 12.2 Å². The second-order valence-corrected chi connectivity index (χ2v) is 12.6. The Bertz CT molecular complexity index is 1940. The Labute approximate surface area is 306 Å². The molecule has 4 rings (SSSR count). The van der Waals surface area contributed by atoms with E-state index in [4.69, 9.17) is 10.7 Å². The van der Waals surface area contributed by atoms with Crippen LogP contribution in [0.2, 0.25) is 0 Å². The summed E-state index contributed by atoms with van der Waals surface area (Å²) in [5.74, 6) is 0.820. The van der Waals surface area contributed by atoms with Crippen molar-refractivity contribution in [3.8, 4) is 0 Å². The van der Waals surface area contributed by atoms with E-state index < -0.39 is 0 Å². The lowest BCUT2D eigenvalue weighted by Gasteiger charge is -2.35. The van der Waals surface area contributed by atoms with Crippen molar-refractivity contribution in [2.45, 2.75) is 26.7 Å². The van der Waals surface area contributed by atoms with Gasteiger partial charge in [-0.25, -0.2) is 4.98 Å². The summed E-state index contributed by atoms with van der Waals surface area (Å²) in [6, 6.07) is 14.3. The average Bonchev–Trinajstić information content (AvgIpc) is 3.17. The first-order valence-corrected chi connectivity index (χ1v) is 17.4. The quantitative estimate of drug-likeness (QED) is 0.344. The van der Waals surface area contributed by atoms with Gasteiger partial charge in [0.05, 0.1) is 0 Å². The Morgan fingerprint density at radius 3 is 2.33 bits per heavy atom. The van der Waals surface area contributed by atoms with Crippen LogP contribution in [-0.2, 0) is 0 Å². The van der Waals surface area contributed by atoms with E-state index in [-0.39, 0.29) is 11.8 Å². The minimum atomic E-state index is -0.0808. The van der Waals surface area contributed by atoms with Gasteiger partial charge in [0, 0.05) is 41.2 Å². The number of anilines is 1. The van der Waals surface area contributed by atoms with Crippen LogP contribution in [0.3, 0.4) is 0 Å². The SMILES string of the molecule is C=C/C=C1/C(=C)/C=C\C2C(/C=C\C)=C(/C=C)c3ccccc3/C(C(=C)N)=C/C=C\C(=C)C/C=C\C=C/C(=C)CC2CN(c2ccccn2)/C1=C/C. The summed E-state index contributed by atoms with van der Waals surface area (Å²) < 4.78 is 0. The third-order valence-electron chi connectivity index (χ3n) is 8.98. The van der Waals surface area contributed by atoms with Crippen LogP contribution in [0, 0.1) is 11.8 Å². The maximum atomic E-state index is 6.49. The molecule has 2 aliphatic rings. The zero-order chi connectivity index (χ0) is 36.8. The first kappa shape index (κ1) is 37.9. The number of nitrogens with two attached hydrogens (primary N) is 1. The van der Waals surface area contributed by atoms with E-state index in [1.807, 2.05) is 60.9 Å². The molecule has 2 unspecified atom stereocenters. The van der Waals surface area contributed by atoms with E-state index in [0.717, 1.165) is 74.5 Å². The van der Waals surface area contributed by atoms with Gasteiger partial charge in [-0.3, -0.25) is 0 Å². The fourth-order valence-corrected chi connectivity index (χ4v) is 6.63. The second-order valence-electron chi connectivity index (χ2n) is 12.6. The molecule has 0 saturated heterocycles. The highest BCUT2D eigenvalue weighted by atomic mass is 15.2. The van der Waals surface area contributed by atoms with Crippen LogP contribution < -0.4 is 10.6 Å². The van der Waals surface area contributed by atoms with E-state index in [1.54, 1.807) is 0 Å². The van der Waals surface area contributed by atoms with Crippen LogP contribution in [0.1, 0.15) is 37.8 Å². The van der Waals surface area contributed by atoms with Gasteiger partial charge in [0.25, 0.3) is 0 Å². The van der Waals surface area contributed by atoms with Crippen molar-refractivity contribution in [2.75, 3.05) is 11.4 Å². The van der Waals surface area contributed by atoms with Crippen molar-refractivity contribution in [3.63, 3.8) is 0 Å². The third kappa shape index (κ3) is 9.61. The van der Waals surface area contributed by atoms with Gasteiger partial charge in [-0.1, -0.05) is 172 Å². The fraction of sp³-hybridized carbons (Fsp3) is 0.146. The van der Waals surface area contributed by atoms with Gasteiger partial charge in [-0.15, -0.1) is 0 Å². The summed E-state index contributed by atoms with van der Waals surface area (Å²) in [5, 5.41) is 0. The molecule has 0 bridgehead atoms. The van der Waals surface area contributed by atoms with Crippen molar-refractivity contribution in [2.24, 2.45) is 17.6 Å². The molecular formula is C48H51N3. The molecule has 1 aliphatic heterocycles. The summed E-state index contributed by atoms with van der Waals surface area (Å²) in [5.41, 5.74) is 16.8. The fourth-order valence-electron chi connectivity index (χ4n) is 6.63. The van der Waals surface area contributed by atoms with Crippen molar-refractivity contribution in [1.29, 1.82) is 0 Å². The number of aromatic nitrogens is 1. The molecule has 0 amide bonds. The van der Waals surface area contributed by atoms with E-state index in [1.165, 1.54) is 0 Å². The third-order valence-corrected chi connectivity index (χ3v) is 8.98. The highest BCUT2D eigenvalue weighted by Crippen LogP contribution is 2.41. The van der Waals surface area contributed by atoms with Crippen molar-refractivity contribution >= 4 is 17.0 Å². The van der Waals surface area contributed by atoms with Gasteiger partial charge in [0.2, 0.25) is 0 Å². The predicted molar refractivity (Wildman–Crippen MR) is 223 cm³/mol. The van der Waals surface area contributed by atoms with Gasteiger partial charge >= 0.3 is 0 Å². The molecule has 0 fully saturated rings. The van der Waals surface area contributed by atoms with Crippen LogP contribution in [0.4, 0.5) is 5.82 Å². The number of fused-ring (bicyclic) bond motifs is 2. The lowest BCUT2D eigenvalue weighted by molar-refractivity contribution is 0.446. The average molecular weight is 670 g/mol. The number of allylic oxidation sites excluding steroid dienone is 21. The first-order chi connectivity index (χ1) is 24.7. The Kier molecular flexibility index (Phi) is 13.9. The first-order valence-electron chi connectivity index (χ1n) is 17.4. The minimum Gasteiger partial charge on any atom is -0.399 e. The molecule has 51 heavy (non-hydrogen) atoms. The van der Waals surface area contributed by atoms with Crippen molar-refractivity contribution in [3.05, 3.63) is 230 Å². The summed E-state index contributed by atoms with van der Waals surface area (Å²) >= 11 is 0. The van der Waals surface area contributed by atoms with Gasteiger partial charge in [0.1, 0.15) is 5.82 Å². The zero-order valence-corrected chi connectivity index (χ0v) is 30.3. The number of rotatable bonds is 5. The van der Waals surface area contributed by atoms with E-state index in [2.05, 4.69) is 137 Å². The maximum Gasteiger partial charge on any atom is 0.132 e. The van der Waals surface area contributed by atoms with Gasteiger partial charge in [-0.2, -0.15) is 0 Å². The summed E-state index contributed by atoms with van der Waals surface area (Å²) in [6.07, 6.45) is 34.3. The topological polar surface area (TPSA) is 42.1 Å². The summed E-state index contributed by atoms with van der Waals surface area (Å²) in [7, 11) is 0. The van der Waals surface area contributed by atoms with Crippen molar-refractivity contribution < 1.29 is 0 Å². The Hall–Kier alpha value is -5.93. The number of hydrogen-bond donors (Lipinski definition) is 1. The van der Waals surface area contributed by atoms with E-state index >= 15 is 0 Å². The van der Waals surface area contributed by atoms with Crippen LogP contribution >= 0.6 is 0 Å². The van der Waals surface area contributed by atoms with Crippen LogP contribution in [0.5, 0.6) is 0 Å². The standard InChI is InChI=1S/C48H51N3/c1-9-21-41-37(7)30-31-43-39(34-51(47(41)12-4)48-29-18-19-32-50-48)33-36(6)24-15-13-14-23-35(5)25-20-28-42(38(8)49)46-27-17-16-26-45(46)40(11-3)44(43)22-10-2/h9-22,24-32,39,43H,1,3,5-8,23,33-34,49H2,2,4H3/b14-13-,22-10-,24-15-,25-20-,31-30-,41-21-,42-28+,44-40-,47-12+. The molecule has 2 heterocycles. The molecule has 1 aliphatic carbocycles. The number of pyridine rings is 1. The molecule has 2 N–H and O–H groups in total. The highest BCUT2D eigenvalue weighted by Gasteiger charge is 2.31. The molecule has 0 spiro atoms. The zero-order valence-electron chi connectivity index (χ0n) is 30.3. The lowest BCUT2D eigenvalue weighted by Crippen LogP contribution is -2.34. The smallest absolute Gasteiger partial charge is 0.132 e. The largest absolute Gasteiger partial charge is 0.399 e. The molecule has 3 heteroatoms. The number of nitrogens with zero attached hydrogens (tertiary/aromatic N) is 2. The molecule has 1 aromatic heterocycles. The van der Waals surface area contributed by atoms with Crippen LogP contribution in [-0.4, -0.2) is 11.5 Å². The van der Waals surface area contributed by atoms with Crippen molar-refractivity contribution in [1.82, 2.24) is 4.98 Å². The predicted octanol–water partition coefficient (Wildman–Crippen LogP) is 11.9.